The van der Waals surface area contributed by atoms with Crippen molar-refractivity contribution in [1.29, 1.82) is 0 Å². The van der Waals surface area contributed by atoms with E-state index in [2.05, 4.69) is 11.9 Å². The molecule has 26 heavy (non-hydrogen) atoms. The number of nitrogens with one attached hydrogen (secondary N) is 1. The van der Waals surface area contributed by atoms with E-state index < -0.39 is 0 Å². The summed E-state index contributed by atoms with van der Waals surface area (Å²) in [4.78, 5) is 25.9. The highest BCUT2D eigenvalue weighted by Crippen LogP contribution is 2.34. The van der Waals surface area contributed by atoms with Gasteiger partial charge in [-0.3, -0.25) is 14.5 Å². The molecule has 0 saturated carbocycles. The standard InChI is InChI=1S/C18H20N2O4S2/c1-4-8-20-17(22)15(26-18(20)25)10-12-6-7-13(14(9-12)23-3)24-11-16(21)19-5-2/h4,6-7,9-10H,1,5,8,11H2,2-3H3,(H,19,21)/b15-10-. The Bertz CT molecular complexity index is 762. The summed E-state index contributed by atoms with van der Waals surface area (Å²) in [5.74, 6) is 0.583. The van der Waals surface area contributed by atoms with Crippen molar-refractivity contribution in [2.45, 2.75) is 6.92 Å². The van der Waals surface area contributed by atoms with E-state index in [1.165, 1.54) is 23.8 Å². The fraction of sp³-hybridized carbons (Fsp3) is 0.278. The Labute approximate surface area is 162 Å². The first-order valence-corrected chi connectivity index (χ1v) is 9.16. The van der Waals surface area contributed by atoms with Gasteiger partial charge in [0.2, 0.25) is 0 Å². The summed E-state index contributed by atoms with van der Waals surface area (Å²) in [6, 6.07) is 5.23. The van der Waals surface area contributed by atoms with Gasteiger partial charge in [0.15, 0.2) is 18.1 Å². The second-order valence-electron chi connectivity index (χ2n) is 5.23. The summed E-state index contributed by atoms with van der Waals surface area (Å²) in [5.41, 5.74) is 0.770. The van der Waals surface area contributed by atoms with Crippen molar-refractivity contribution in [2.24, 2.45) is 0 Å². The van der Waals surface area contributed by atoms with Crippen LogP contribution in [0.5, 0.6) is 11.5 Å². The summed E-state index contributed by atoms with van der Waals surface area (Å²) in [6.45, 7) is 6.31. The lowest BCUT2D eigenvalue weighted by Gasteiger charge is -2.11. The first-order chi connectivity index (χ1) is 12.5. The molecule has 0 aromatic heterocycles. The number of rotatable bonds is 8. The normalized spacial score (nSPS) is 15.3. The monoisotopic (exact) mass is 392 g/mol. The lowest BCUT2D eigenvalue weighted by Crippen LogP contribution is -2.28. The first kappa shape index (κ1) is 20.0. The van der Waals surface area contributed by atoms with Crippen LogP contribution in [-0.4, -0.2) is 47.8 Å². The molecule has 138 valence electrons. The molecule has 0 spiro atoms. The quantitative estimate of drug-likeness (QED) is 0.417. The topological polar surface area (TPSA) is 67.9 Å². The lowest BCUT2D eigenvalue weighted by molar-refractivity contribution is -0.123. The Morgan fingerprint density at radius 1 is 1.42 bits per heavy atom. The SMILES string of the molecule is C=CCN1C(=O)/C(=C/c2ccc(OCC(=O)NCC)c(OC)c2)SC1=S. The first-order valence-electron chi connectivity index (χ1n) is 7.94. The number of nitrogens with zero attached hydrogens (tertiary/aromatic N) is 1. The van der Waals surface area contributed by atoms with Crippen molar-refractivity contribution in [3.8, 4) is 11.5 Å². The number of hydrogen-bond donors (Lipinski definition) is 1. The smallest absolute Gasteiger partial charge is 0.266 e. The van der Waals surface area contributed by atoms with E-state index in [1.54, 1.807) is 30.4 Å². The van der Waals surface area contributed by atoms with Crippen molar-refractivity contribution in [3.63, 3.8) is 0 Å². The highest BCUT2D eigenvalue weighted by molar-refractivity contribution is 8.26. The maximum atomic E-state index is 12.4. The second-order valence-corrected chi connectivity index (χ2v) is 6.91. The van der Waals surface area contributed by atoms with Gasteiger partial charge in [-0.2, -0.15) is 0 Å². The largest absolute Gasteiger partial charge is 0.493 e. The third-order valence-electron chi connectivity index (χ3n) is 3.40. The molecule has 1 heterocycles. The number of ether oxygens (including phenoxy) is 2. The fourth-order valence-corrected chi connectivity index (χ4v) is 3.50. The summed E-state index contributed by atoms with van der Waals surface area (Å²) in [6.07, 6.45) is 3.38. The number of methoxy groups -OCH3 is 1. The van der Waals surface area contributed by atoms with Crippen LogP contribution in [0.25, 0.3) is 6.08 Å². The predicted octanol–water partition coefficient (Wildman–Crippen LogP) is 2.60. The molecule has 1 saturated heterocycles. The molecular weight excluding hydrogens is 372 g/mol. The molecule has 0 aliphatic carbocycles. The molecule has 1 aliphatic rings. The van der Waals surface area contributed by atoms with E-state index in [0.717, 1.165) is 5.56 Å². The van der Waals surface area contributed by atoms with E-state index in [4.69, 9.17) is 21.7 Å². The van der Waals surface area contributed by atoms with Gasteiger partial charge in [0.1, 0.15) is 4.32 Å². The number of carbonyl (C=O) groups excluding carboxylic acids is 2. The molecule has 1 fully saturated rings. The average molecular weight is 393 g/mol. The number of hydrogen-bond acceptors (Lipinski definition) is 6. The molecule has 1 aromatic carbocycles. The molecule has 0 bridgehead atoms. The molecule has 2 amide bonds. The minimum Gasteiger partial charge on any atom is -0.493 e. The van der Waals surface area contributed by atoms with Gasteiger partial charge in [0.05, 0.1) is 12.0 Å². The van der Waals surface area contributed by atoms with Crippen molar-refractivity contribution in [2.75, 3.05) is 26.8 Å². The average Bonchev–Trinajstić information content (AvgIpc) is 2.88. The molecule has 0 unspecified atom stereocenters. The van der Waals surface area contributed by atoms with Crippen LogP contribution in [0, 0.1) is 0 Å². The molecule has 1 aromatic rings. The van der Waals surface area contributed by atoms with Crippen LogP contribution in [0.4, 0.5) is 0 Å². The van der Waals surface area contributed by atoms with Crippen molar-refractivity contribution in [3.05, 3.63) is 41.3 Å². The van der Waals surface area contributed by atoms with Gasteiger partial charge in [-0.15, -0.1) is 6.58 Å². The number of thiocarbonyl (C=S) groups is 1. The zero-order chi connectivity index (χ0) is 19.1. The summed E-state index contributed by atoms with van der Waals surface area (Å²) in [5, 5.41) is 2.66. The van der Waals surface area contributed by atoms with Crippen molar-refractivity contribution in [1.82, 2.24) is 10.2 Å². The lowest BCUT2D eigenvalue weighted by atomic mass is 10.2. The van der Waals surface area contributed by atoms with Gasteiger partial charge < -0.3 is 14.8 Å². The highest BCUT2D eigenvalue weighted by atomic mass is 32.2. The van der Waals surface area contributed by atoms with Crippen LogP contribution >= 0.6 is 24.0 Å². The third-order valence-corrected chi connectivity index (χ3v) is 4.78. The van der Waals surface area contributed by atoms with Crippen LogP contribution in [0.15, 0.2) is 35.8 Å². The van der Waals surface area contributed by atoms with E-state index in [9.17, 15) is 9.59 Å². The zero-order valence-electron chi connectivity index (χ0n) is 14.6. The number of thioether (sulfide) groups is 1. The van der Waals surface area contributed by atoms with Crippen LogP contribution in [-0.2, 0) is 9.59 Å². The van der Waals surface area contributed by atoms with E-state index in [-0.39, 0.29) is 18.4 Å². The van der Waals surface area contributed by atoms with Crippen LogP contribution in [0.3, 0.4) is 0 Å². The maximum Gasteiger partial charge on any atom is 0.266 e. The minimum atomic E-state index is -0.204. The van der Waals surface area contributed by atoms with E-state index in [1.807, 2.05) is 6.92 Å². The molecule has 2 rings (SSSR count). The minimum absolute atomic E-state index is 0.0935. The molecule has 6 nitrogen and oxygen atoms in total. The summed E-state index contributed by atoms with van der Waals surface area (Å²) >= 11 is 6.47. The van der Waals surface area contributed by atoms with Crippen LogP contribution < -0.4 is 14.8 Å². The fourth-order valence-electron chi connectivity index (χ4n) is 2.22. The van der Waals surface area contributed by atoms with Gasteiger partial charge >= 0.3 is 0 Å². The van der Waals surface area contributed by atoms with Gasteiger partial charge in [-0.05, 0) is 30.7 Å². The van der Waals surface area contributed by atoms with Gasteiger partial charge in [0.25, 0.3) is 11.8 Å². The summed E-state index contributed by atoms with van der Waals surface area (Å²) in [7, 11) is 1.52. The van der Waals surface area contributed by atoms with Crippen molar-refractivity contribution < 1.29 is 19.1 Å². The Balaban J connectivity index is 2.16. The molecule has 1 N–H and O–H groups in total. The number of benzene rings is 1. The third kappa shape index (κ3) is 4.86. The molecule has 8 heteroatoms. The molecular formula is C18H20N2O4S2. The number of amides is 2. The second kappa shape index (κ2) is 9.40. The number of likely N-dealkylation sites (N-methyl/N-ethyl adjacent to an activating group) is 1. The molecule has 1 aliphatic heterocycles. The van der Waals surface area contributed by atoms with E-state index in [0.29, 0.717) is 33.8 Å². The number of carbonyl (C=O) groups is 2. The van der Waals surface area contributed by atoms with Gasteiger partial charge in [0, 0.05) is 13.1 Å². The summed E-state index contributed by atoms with van der Waals surface area (Å²) < 4.78 is 11.3. The Morgan fingerprint density at radius 3 is 2.85 bits per heavy atom. The Kier molecular flexibility index (Phi) is 7.23. The molecule has 0 atom stereocenters. The predicted molar refractivity (Wildman–Crippen MR) is 107 cm³/mol. The zero-order valence-corrected chi connectivity index (χ0v) is 16.2. The van der Waals surface area contributed by atoms with E-state index >= 15 is 0 Å². The molecule has 0 radical (unpaired) electrons. The van der Waals surface area contributed by atoms with Crippen molar-refractivity contribution >= 4 is 46.2 Å². The Morgan fingerprint density at radius 2 is 2.19 bits per heavy atom. The maximum absolute atomic E-state index is 12.4. The van der Waals surface area contributed by atoms with Crippen LogP contribution in [0.2, 0.25) is 0 Å². The van der Waals surface area contributed by atoms with Crippen LogP contribution in [0.1, 0.15) is 12.5 Å². The van der Waals surface area contributed by atoms with Gasteiger partial charge in [-0.1, -0.05) is 36.1 Å². The highest BCUT2D eigenvalue weighted by Gasteiger charge is 2.30. The Hall–Kier alpha value is -2.32. The van der Waals surface area contributed by atoms with Gasteiger partial charge in [-0.25, -0.2) is 0 Å².